The average molecular weight is 695 g/mol. The van der Waals surface area contributed by atoms with Crippen LogP contribution in [0.25, 0.3) is 87.2 Å². The molecule has 0 aromatic heterocycles. The van der Waals surface area contributed by atoms with Gasteiger partial charge in [0, 0.05) is 0 Å². The SMILES string of the molecule is c1ccc(C2(c3ccccc3)c3cccc(-c4ccc(-c5ccc6ccc7cccc8ccc5c6c78)cc4)c3-c3c2c2ccccc2c2ccccc32)cc1. The Morgan fingerprint density at radius 2 is 0.782 bits per heavy atom. The molecule has 0 nitrogen and oxygen atoms in total. The molecule has 1 aliphatic rings. The fraction of sp³-hybridized carbons (Fsp3) is 0.0182. The van der Waals surface area contributed by atoms with Crippen molar-refractivity contribution < 1.29 is 0 Å². The molecule has 11 aromatic carbocycles. The maximum atomic E-state index is 2.39. The van der Waals surface area contributed by atoms with E-state index in [1.165, 1.54) is 109 Å². The quantitative estimate of drug-likeness (QED) is 0.161. The molecule has 0 fully saturated rings. The van der Waals surface area contributed by atoms with E-state index in [0.29, 0.717) is 0 Å². The first kappa shape index (κ1) is 30.4. The van der Waals surface area contributed by atoms with E-state index in [0.717, 1.165) is 0 Å². The van der Waals surface area contributed by atoms with Gasteiger partial charge in [0.1, 0.15) is 0 Å². The lowest BCUT2D eigenvalue weighted by atomic mass is 9.66. The molecule has 0 spiro atoms. The van der Waals surface area contributed by atoms with Crippen molar-refractivity contribution in [3.63, 3.8) is 0 Å². The Morgan fingerprint density at radius 1 is 0.273 bits per heavy atom. The van der Waals surface area contributed by atoms with Gasteiger partial charge in [-0.25, -0.2) is 0 Å². The Kier molecular flexibility index (Phi) is 6.36. The van der Waals surface area contributed by atoms with E-state index in [2.05, 4.69) is 206 Å². The summed E-state index contributed by atoms with van der Waals surface area (Å²) in [7, 11) is 0. The normalized spacial score (nSPS) is 13.2. The predicted molar refractivity (Wildman–Crippen MR) is 233 cm³/mol. The largest absolute Gasteiger partial charge is 0.0720 e. The molecule has 0 bridgehead atoms. The number of rotatable bonds is 4. The second kappa shape index (κ2) is 11.5. The van der Waals surface area contributed by atoms with Crippen LogP contribution in [-0.2, 0) is 5.41 Å². The van der Waals surface area contributed by atoms with Crippen LogP contribution in [0.4, 0.5) is 0 Å². The Bertz CT molecular complexity index is 3230. The molecule has 0 unspecified atom stereocenters. The van der Waals surface area contributed by atoms with Gasteiger partial charge >= 0.3 is 0 Å². The maximum absolute atomic E-state index is 2.39. The first-order valence-electron chi connectivity index (χ1n) is 19.3. The monoisotopic (exact) mass is 694 g/mol. The van der Waals surface area contributed by atoms with Crippen molar-refractivity contribution >= 4 is 53.9 Å². The molecule has 12 rings (SSSR count). The molecule has 0 amide bonds. The Labute approximate surface area is 319 Å². The summed E-state index contributed by atoms with van der Waals surface area (Å²) in [5, 5.41) is 13.1. The van der Waals surface area contributed by atoms with E-state index in [1.807, 2.05) is 0 Å². The van der Waals surface area contributed by atoms with Crippen LogP contribution in [0.2, 0.25) is 0 Å². The van der Waals surface area contributed by atoms with Crippen molar-refractivity contribution in [2.24, 2.45) is 0 Å². The molecule has 0 heteroatoms. The van der Waals surface area contributed by atoms with E-state index >= 15 is 0 Å². The summed E-state index contributed by atoms with van der Waals surface area (Å²) in [6.45, 7) is 0. The van der Waals surface area contributed by atoms with Crippen molar-refractivity contribution in [3.05, 3.63) is 229 Å². The highest BCUT2D eigenvalue weighted by atomic mass is 14.5. The molecule has 0 atom stereocenters. The zero-order chi connectivity index (χ0) is 36.1. The second-order valence-electron chi connectivity index (χ2n) is 15.1. The van der Waals surface area contributed by atoms with E-state index < -0.39 is 5.41 Å². The highest BCUT2D eigenvalue weighted by molar-refractivity contribution is 6.25. The molecular weight excluding hydrogens is 661 g/mol. The molecule has 254 valence electrons. The van der Waals surface area contributed by atoms with Crippen molar-refractivity contribution in [2.45, 2.75) is 5.41 Å². The lowest BCUT2D eigenvalue weighted by Gasteiger charge is -2.35. The van der Waals surface area contributed by atoms with Crippen LogP contribution in [0.5, 0.6) is 0 Å². The van der Waals surface area contributed by atoms with Crippen LogP contribution in [0, 0.1) is 0 Å². The van der Waals surface area contributed by atoms with Gasteiger partial charge in [0.15, 0.2) is 0 Å². The molecule has 11 aromatic rings. The van der Waals surface area contributed by atoms with Gasteiger partial charge in [0.2, 0.25) is 0 Å². The van der Waals surface area contributed by atoms with Gasteiger partial charge < -0.3 is 0 Å². The molecule has 0 saturated heterocycles. The minimum absolute atomic E-state index is 0.519. The fourth-order valence-electron chi connectivity index (χ4n) is 10.3. The van der Waals surface area contributed by atoms with Crippen LogP contribution in [0.1, 0.15) is 22.3 Å². The number of benzene rings is 11. The average Bonchev–Trinajstić information content (AvgIpc) is 3.59. The summed E-state index contributed by atoms with van der Waals surface area (Å²) in [5.74, 6) is 0. The molecule has 55 heavy (non-hydrogen) atoms. The van der Waals surface area contributed by atoms with Crippen LogP contribution in [-0.4, -0.2) is 0 Å². The summed E-state index contributed by atoms with van der Waals surface area (Å²) in [6, 6.07) is 77.1. The first-order valence-corrected chi connectivity index (χ1v) is 19.3. The summed E-state index contributed by atoms with van der Waals surface area (Å²) in [4.78, 5) is 0. The van der Waals surface area contributed by atoms with Crippen LogP contribution < -0.4 is 0 Å². The lowest BCUT2D eigenvalue weighted by Crippen LogP contribution is -2.28. The highest BCUT2D eigenvalue weighted by Crippen LogP contribution is 2.62. The summed E-state index contributed by atoms with van der Waals surface area (Å²) < 4.78 is 0. The van der Waals surface area contributed by atoms with E-state index in [-0.39, 0.29) is 0 Å². The van der Waals surface area contributed by atoms with Crippen molar-refractivity contribution in [1.82, 2.24) is 0 Å². The molecule has 0 radical (unpaired) electrons. The molecule has 0 heterocycles. The molecular formula is C55H34. The van der Waals surface area contributed by atoms with Crippen molar-refractivity contribution in [2.75, 3.05) is 0 Å². The van der Waals surface area contributed by atoms with Gasteiger partial charge in [-0.1, -0.05) is 206 Å². The number of fused-ring (bicyclic) bond motifs is 8. The maximum Gasteiger partial charge on any atom is 0.0720 e. The third-order valence-corrected chi connectivity index (χ3v) is 12.5. The van der Waals surface area contributed by atoms with Gasteiger partial charge in [-0.05, 0) is 109 Å². The standard InChI is InChI=1S/C55H34/c1-3-15-40(16-4-1)55(41-17-5-2-6-18-41)49-24-12-23-43(52(49)53-46-21-9-7-19-44(46)45-20-8-10-22-48(45)54(53)55)36-27-25-35(26-28-36)42-33-31-39-30-29-37-13-11-14-38-32-34-47(42)51(39)50(37)38/h1-34H. The van der Waals surface area contributed by atoms with Gasteiger partial charge in [0.25, 0.3) is 0 Å². The topological polar surface area (TPSA) is 0 Å². The summed E-state index contributed by atoms with van der Waals surface area (Å²) in [6.07, 6.45) is 0. The predicted octanol–water partition coefficient (Wildman–Crippen LogP) is 14.6. The zero-order valence-electron chi connectivity index (χ0n) is 30.1. The zero-order valence-corrected chi connectivity index (χ0v) is 30.1. The first-order chi connectivity index (χ1) is 27.3. The third kappa shape index (κ3) is 4.12. The second-order valence-corrected chi connectivity index (χ2v) is 15.1. The summed E-state index contributed by atoms with van der Waals surface area (Å²) in [5.41, 5.74) is 12.4. The fourth-order valence-corrected chi connectivity index (χ4v) is 10.3. The van der Waals surface area contributed by atoms with Crippen LogP contribution in [0.3, 0.4) is 0 Å². The number of hydrogen-bond donors (Lipinski definition) is 0. The minimum atomic E-state index is -0.519. The molecule has 0 N–H and O–H groups in total. The highest BCUT2D eigenvalue weighted by Gasteiger charge is 2.48. The van der Waals surface area contributed by atoms with Crippen molar-refractivity contribution in [3.8, 4) is 33.4 Å². The van der Waals surface area contributed by atoms with Crippen LogP contribution >= 0.6 is 0 Å². The smallest absolute Gasteiger partial charge is 0.0622 e. The minimum Gasteiger partial charge on any atom is -0.0622 e. The molecule has 0 saturated carbocycles. The van der Waals surface area contributed by atoms with Gasteiger partial charge in [0.05, 0.1) is 5.41 Å². The summed E-state index contributed by atoms with van der Waals surface area (Å²) >= 11 is 0. The van der Waals surface area contributed by atoms with Gasteiger partial charge in [-0.15, -0.1) is 0 Å². The Morgan fingerprint density at radius 3 is 1.45 bits per heavy atom. The van der Waals surface area contributed by atoms with E-state index in [9.17, 15) is 0 Å². The third-order valence-electron chi connectivity index (χ3n) is 12.5. The van der Waals surface area contributed by atoms with Gasteiger partial charge in [-0.2, -0.15) is 0 Å². The van der Waals surface area contributed by atoms with Crippen molar-refractivity contribution in [1.29, 1.82) is 0 Å². The van der Waals surface area contributed by atoms with Gasteiger partial charge in [-0.3, -0.25) is 0 Å². The Hall–Kier alpha value is -7.02. The van der Waals surface area contributed by atoms with E-state index in [4.69, 9.17) is 0 Å². The van der Waals surface area contributed by atoms with E-state index in [1.54, 1.807) is 0 Å². The van der Waals surface area contributed by atoms with Crippen LogP contribution in [0.15, 0.2) is 206 Å². The molecule has 1 aliphatic carbocycles. The lowest BCUT2D eigenvalue weighted by molar-refractivity contribution is 0.776. The molecule has 0 aliphatic heterocycles. The Balaban J connectivity index is 1.14. The number of hydrogen-bond acceptors (Lipinski definition) is 0.